The van der Waals surface area contributed by atoms with Gasteiger partial charge in [-0.15, -0.1) is 0 Å². The zero-order chi connectivity index (χ0) is 23.1. The normalized spacial score (nSPS) is 17.9. The molecule has 0 amide bonds. The van der Waals surface area contributed by atoms with E-state index in [-0.39, 0.29) is 4.90 Å². The van der Waals surface area contributed by atoms with Crippen molar-refractivity contribution in [3.8, 4) is 0 Å². The van der Waals surface area contributed by atoms with Crippen molar-refractivity contribution in [1.82, 2.24) is 4.31 Å². The summed E-state index contributed by atoms with van der Waals surface area (Å²) in [6, 6.07) is 27.2. The fraction of sp³-hybridized carbons (Fsp3) is 0.296. The van der Waals surface area contributed by atoms with E-state index in [1.54, 1.807) is 30.3 Å². The maximum absolute atomic E-state index is 13.4. The maximum atomic E-state index is 13.4. The highest BCUT2D eigenvalue weighted by Crippen LogP contribution is 2.29. The third-order valence-corrected chi connectivity index (χ3v) is 7.97. The summed E-state index contributed by atoms with van der Waals surface area (Å²) in [6.07, 6.45) is 2.92. The minimum Gasteiger partial charge on any atom is -0.456 e. The molecule has 1 aliphatic rings. The molecule has 2 unspecified atom stereocenters. The Hall–Kier alpha value is -2.96. The molecule has 6 heteroatoms. The molecule has 0 saturated carbocycles. The lowest BCUT2D eigenvalue weighted by Gasteiger charge is -2.34. The minimum absolute atomic E-state index is 0.202. The number of carbonyl (C=O) groups is 1. The Morgan fingerprint density at radius 3 is 2.15 bits per heavy atom. The van der Waals surface area contributed by atoms with Crippen molar-refractivity contribution < 1.29 is 17.9 Å². The Morgan fingerprint density at radius 2 is 1.48 bits per heavy atom. The number of rotatable bonds is 8. The van der Waals surface area contributed by atoms with Crippen LogP contribution in [0.15, 0.2) is 95.9 Å². The highest BCUT2D eigenvalue weighted by atomic mass is 32.2. The van der Waals surface area contributed by atoms with Gasteiger partial charge in [0, 0.05) is 6.54 Å². The van der Waals surface area contributed by atoms with Gasteiger partial charge in [0.1, 0.15) is 12.1 Å². The van der Waals surface area contributed by atoms with E-state index in [1.807, 2.05) is 48.5 Å². The van der Waals surface area contributed by atoms with E-state index >= 15 is 0 Å². The van der Waals surface area contributed by atoms with Crippen molar-refractivity contribution in [2.24, 2.45) is 0 Å². The Labute approximate surface area is 196 Å². The van der Waals surface area contributed by atoms with Crippen LogP contribution < -0.4 is 0 Å². The van der Waals surface area contributed by atoms with E-state index in [0.717, 1.165) is 24.8 Å². The number of hydrogen-bond acceptors (Lipinski definition) is 4. The first kappa shape index (κ1) is 23.2. The predicted molar refractivity (Wildman–Crippen MR) is 128 cm³/mol. The second-order valence-corrected chi connectivity index (χ2v) is 10.2. The third kappa shape index (κ3) is 5.70. The maximum Gasteiger partial charge on any atom is 0.325 e. The summed E-state index contributed by atoms with van der Waals surface area (Å²) < 4.78 is 33.9. The molecule has 172 valence electrons. The summed E-state index contributed by atoms with van der Waals surface area (Å²) in [5.74, 6) is -0.476. The van der Waals surface area contributed by atoms with E-state index in [2.05, 4.69) is 12.1 Å². The summed E-state index contributed by atoms with van der Waals surface area (Å²) in [4.78, 5) is 13.6. The molecule has 0 spiro atoms. The summed E-state index contributed by atoms with van der Waals surface area (Å²) in [5, 5.41) is 0. The first-order chi connectivity index (χ1) is 16.1. The zero-order valence-electron chi connectivity index (χ0n) is 18.5. The lowest BCUT2D eigenvalue weighted by atomic mass is 10.0. The Morgan fingerprint density at radius 1 is 0.879 bits per heavy atom. The lowest BCUT2D eigenvalue weighted by molar-refractivity contribution is -0.155. The molecule has 1 aliphatic heterocycles. The number of hydrogen-bond donors (Lipinski definition) is 0. The van der Waals surface area contributed by atoms with Gasteiger partial charge in [0.25, 0.3) is 0 Å². The fourth-order valence-corrected chi connectivity index (χ4v) is 5.95. The summed E-state index contributed by atoms with van der Waals surface area (Å²) >= 11 is 0. The molecule has 0 bridgehead atoms. The number of ether oxygens (including phenoxy) is 1. The Balaban J connectivity index is 1.54. The van der Waals surface area contributed by atoms with Crippen LogP contribution in [0.3, 0.4) is 0 Å². The van der Waals surface area contributed by atoms with Gasteiger partial charge < -0.3 is 4.74 Å². The van der Waals surface area contributed by atoms with Crippen molar-refractivity contribution >= 4 is 16.0 Å². The van der Waals surface area contributed by atoms with E-state index < -0.39 is 28.1 Å². The van der Waals surface area contributed by atoms with Crippen LogP contribution in [0.25, 0.3) is 0 Å². The average Bonchev–Trinajstić information content (AvgIpc) is 2.88. The van der Waals surface area contributed by atoms with Crippen LogP contribution in [0, 0.1) is 0 Å². The summed E-state index contributed by atoms with van der Waals surface area (Å²) in [7, 11) is -3.78. The molecule has 3 aromatic rings. The van der Waals surface area contributed by atoms with Crippen molar-refractivity contribution in [2.45, 2.75) is 49.1 Å². The minimum atomic E-state index is -3.78. The first-order valence-corrected chi connectivity index (χ1v) is 12.9. The molecule has 0 N–H and O–H groups in total. The lowest BCUT2D eigenvalue weighted by Crippen LogP contribution is -2.48. The topological polar surface area (TPSA) is 63.7 Å². The number of piperidine rings is 1. The van der Waals surface area contributed by atoms with Gasteiger partial charge in [-0.1, -0.05) is 78.9 Å². The Kier molecular flexibility index (Phi) is 7.57. The van der Waals surface area contributed by atoms with E-state index in [9.17, 15) is 13.2 Å². The average molecular weight is 464 g/mol. The molecule has 4 rings (SSSR count). The van der Waals surface area contributed by atoms with Gasteiger partial charge in [-0.3, -0.25) is 4.79 Å². The molecule has 1 saturated heterocycles. The predicted octanol–water partition coefficient (Wildman–Crippen LogP) is 5.15. The molecule has 5 nitrogen and oxygen atoms in total. The number of carbonyl (C=O) groups excluding carboxylic acids is 1. The monoisotopic (exact) mass is 463 g/mol. The number of aryl methyl sites for hydroxylation is 1. The molecular weight excluding hydrogens is 434 g/mol. The van der Waals surface area contributed by atoms with E-state index in [1.165, 1.54) is 9.87 Å². The van der Waals surface area contributed by atoms with Crippen molar-refractivity contribution in [2.75, 3.05) is 6.54 Å². The summed E-state index contributed by atoms with van der Waals surface area (Å²) in [5.41, 5.74) is 2.08. The van der Waals surface area contributed by atoms with Crippen LogP contribution in [-0.4, -0.2) is 31.3 Å². The van der Waals surface area contributed by atoms with Crippen LogP contribution in [-0.2, 0) is 26.0 Å². The Bertz CT molecular complexity index is 1130. The van der Waals surface area contributed by atoms with Crippen LogP contribution in [0.4, 0.5) is 0 Å². The molecule has 3 aromatic carbocycles. The molecule has 33 heavy (non-hydrogen) atoms. The number of esters is 1. The van der Waals surface area contributed by atoms with Gasteiger partial charge in [0.2, 0.25) is 10.0 Å². The van der Waals surface area contributed by atoms with Crippen molar-refractivity contribution in [1.29, 1.82) is 0 Å². The zero-order valence-corrected chi connectivity index (χ0v) is 19.4. The van der Waals surface area contributed by atoms with E-state index in [4.69, 9.17) is 4.74 Å². The van der Waals surface area contributed by atoms with Crippen LogP contribution in [0.1, 0.15) is 42.9 Å². The molecular formula is C27H29NO4S. The van der Waals surface area contributed by atoms with Gasteiger partial charge in [-0.25, -0.2) is 8.42 Å². The molecule has 0 aromatic heterocycles. The van der Waals surface area contributed by atoms with Crippen molar-refractivity contribution in [3.05, 3.63) is 102 Å². The highest BCUT2D eigenvalue weighted by molar-refractivity contribution is 7.89. The second-order valence-electron chi connectivity index (χ2n) is 8.30. The van der Waals surface area contributed by atoms with Gasteiger partial charge >= 0.3 is 5.97 Å². The van der Waals surface area contributed by atoms with Gasteiger partial charge in [-0.2, -0.15) is 4.31 Å². The second kappa shape index (κ2) is 10.8. The summed E-state index contributed by atoms with van der Waals surface area (Å²) in [6.45, 7) is 0.316. The number of sulfonamides is 1. The molecule has 1 heterocycles. The van der Waals surface area contributed by atoms with Gasteiger partial charge in [0.15, 0.2) is 0 Å². The SMILES string of the molecule is O=C(OC(CCc1ccccc1)c1ccccc1)C1CCCCN1S(=O)(=O)c1ccccc1. The standard InChI is InChI=1S/C27H29NO4S/c29-27(25-18-10-11-21-28(25)33(30,31)24-16-8-3-9-17-24)32-26(23-14-6-2-7-15-23)20-19-22-12-4-1-5-13-22/h1-9,12-17,25-26H,10-11,18-21H2. The van der Waals surface area contributed by atoms with Crippen LogP contribution in [0.2, 0.25) is 0 Å². The quantitative estimate of drug-likeness (QED) is 0.434. The molecule has 0 aliphatic carbocycles. The number of benzene rings is 3. The third-order valence-electron chi connectivity index (χ3n) is 6.04. The largest absolute Gasteiger partial charge is 0.456 e. The van der Waals surface area contributed by atoms with Crippen LogP contribution >= 0.6 is 0 Å². The molecule has 0 radical (unpaired) electrons. The van der Waals surface area contributed by atoms with Crippen molar-refractivity contribution in [3.63, 3.8) is 0 Å². The smallest absolute Gasteiger partial charge is 0.325 e. The number of nitrogens with zero attached hydrogens (tertiary/aromatic N) is 1. The highest BCUT2D eigenvalue weighted by Gasteiger charge is 2.39. The molecule has 1 fully saturated rings. The first-order valence-electron chi connectivity index (χ1n) is 11.4. The van der Waals surface area contributed by atoms with Crippen LogP contribution in [0.5, 0.6) is 0 Å². The fourth-order valence-electron chi connectivity index (χ4n) is 4.28. The van der Waals surface area contributed by atoms with Gasteiger partial charge in [0.05, 0.1) is 4.90 Å². The van der Waals surface area contributed by atoms with Gasteiger partial charge in [-0.05, 0) is 55.4 Å². The molecule has 2 atom stereocenters. The van der Waals surface area contributed by atoms with E-state index in [0.29, 0.717) is 19.4 Å².